The number of halogens is 1. The molecule has 1 amide bonds. The topological polar surface area (TPSA) is 37.4 Å². The minimum absolute atomic E-state index is 0.101. The van der Waals surface area contributed by atoms with Gasteiger partial charge in [-0.25, -0.2) is 0 Å². The number of hydrogen-bond acceptors (Lipinski definition) is 2. The number of nitrogens with zero attached hydrogens (tertiary/aromatic N) is 1. The molecule has 0 radical (unpaired) electrons. The van der Waals surface area contributed by atoms with Crippen molar-refractivity contribution in [2.75, 3.05) is 7.05 Å². The first-order valence-corrected chi connectivity index (χ1v) is 7.36. The molecule has 0 saturated heterocycles. The van der Waals surface area contributed by atoms with Crippen molar-refractivity contribution in [3.63, 3.8) is 0 Å². The van der Waals surface area contributed by atoms with Gasteiger partial charge in [-0.05, 0) is 36.2 Å². The first kappa shape index (κ1) is 15.4. The van der Waals surface area contributed by atoms with Crippen molar-refractivity contribution >= 4 is 28.1 Å². The number of carbonyl (C=O) groups is 2. The van der Waals surface area contributed by atoms with Gasteiger partial charge in [-0.15, -0.1) is 0 Å². The Morgan fingerprint density at radius 1 is 1.24 bits per heavy atom. The summed E-state index contributed by atoms with van der Waals surface area (Å²) in [6.45, 7) is 2.54. The molecule has 3 nitrogen and oxygen atoms in total. The van der Waals surface area contributed by atoms with E-state index in [0.29, 0.717) is 17.7 Å². The predicted molar refractivity (Wildman–Crippen MR) is 86.5 cm³/mol. The molecule has 108 valence electrons. The predicted octanol–water partition coefficient (Wildman–Crippen LogP) is 3.84. The van der Waals surface area contributed by atoms with Crippen molar-refractivity contribution in [2.24, 2.45) is 0 Å². The second-order valence-corrected chi connectivity index (χ2v) is 5.84. The van der Waals surface area contributed by atoms with Crippen molar-refractivity contribution in [1.82, 2.24) is 4.90 Å². The molecule has 0 aliphatic carbocycles. The van der Waals surface area contributed by atoms with Crippen LogP contribution < -0.4 is 0 Å². The zero-order valence-electron chi connectivity index (χ0n) is 12.0. The molecule has 0 aliphatic rings. The van der Waals surface area contributed by atoms with E-state index in [2.05, 4.69) is 15.9 Å². The van der Waals surface area contributed by atoms with Gasteiger partial charge in [0, 0.05) is 29.2 Å². The fourth-order valence-corrected chi connectivity index (χ4v) is 2.47. The first-order valence-electron chi connectivity index (χ1n) is 6.57. The molecule has 0 bridgehead atoms. The van der Waals surface area contributed by atoms with Gasteiger partial charge in [0.05, 0.1) is 0 Å². The summed E-state index contributed by atoms with van der Waals surface area (Å²) in [7, 11) is 1.75. The maximum Gasteiger partial charge on any atom is 0.253 e. The van der Waals surface area contributed by atoms with Crippen molar-refractivity contribution in [3.8, 4) is 0 Å². The van der Waals surface area contributed by atoms with Crippen molar-refractivity contribution < 1.29 is 9.59 Å². The van der Waals surface area contributed by atoms with Crippen LogP contribution in [0, 0.1) is 6.92 Å². The monoisotopic (exact) mass is 345 g/mol. The molecule has 0 aromatic heterocycles. The smallest absolute Gasteiger partial charge is 0.253 e. The molecular weight excluding hydrogens is 330 g/mol. The van der Waals surface area contributed by atoms with Crippen LogP contribution in [0.3, 0.4) is 0 Å². The largest absolute Gasteiger partial charge is 0.337 e. The van der Waals surface area contributed by atoms with Gasteiger partial charge in [-0.1, -0.05) is 40.2 Å². The molecule has 0 unspecified atom stereocenters. The Morgan fingerprint density at radius 3 is 2.67 bits per heavy atom. The lowest BCUT2D eigenvalue weighted by atomic mass is 10.1. The average Bonchev–Trinajstić information content (AvgIpc) is 2.50. The Morgan fingerprint density at radius 2 is 2.00 bits per heavy atom. The van der Waals surface area contributed by atoms with Crippen LogP contribution in [-0.2, 0) is 6.54 Å². The molecular formula is C17H16BrNO2. The Labute approximate surface area is 132 Å². The first-order chi connectivity index (χ1) is 10.0. The van der Waals surface area contributed by atoms with E-state index in [4.69, 9.17) is 0 Å². The normalized spacial score (nSPS) is 10.2. The molecule has 0 heterocycles. The average molecular weight is 346 g/mol. The number of aryl methyl sites for hydroxylation is 1. The summed E-state index contributed by atoms with van der Waals surface area (Å²) in [6, 6.07) is 12.8. The van der Waals surface area contributed by atoms with E-state index in [-0.39, 0.29) is 5.91 Å². The van der Waals surface area contributed by atoms with Crippen LogP contribution in [0.2, 0.25) is 0 Å². The molecule has 0 atom stereocenters. The van der Waals surface area contributed by atoms with Gasteiger partial charge in [0.25, 0.3) is 5.91 Å². The number of hydrogen-bond donors (Lipinski definition) is 0. The number of aldehydes is 1. The number of carbonyl (C=O) groups excluding carboxylic acids is 2. The van der Waals surface area contributed by atoms with Gasteiger partial charge >= 0.3 is 0 Å². The van der Waals surface area contributed by atoms with Crippen LogP contribution in [0.1, 0.15) is 31.8 Å². The quantitative estimate of drug-likeness (QED) is 0.789. The summed E-state index contributed by atoms with van der Waals surface area (Å²) < 4.78 is 1.03. The SMILES string of the molecule is Cc1ccc(CN(C)C(=O)c2cccc(C=O)c2)cc1Br. The Hall–Kier alpha value is -1.94. The standard InChI is InChI=1S/C17H16BrNO2/c1-12-6-7-13(9-16(12)18)10-19(2)17(21)15-5-3-4-14(8-15)11-20/h3-9,11H,10H2,1-2H3. The summed E-state index contributed by atoms with van der Waals surface area (Å²) in [5.74, 6) is -0.101. The number of rotatable bonds is 4. The summed E-state index contributed by atoms with van der Waals surface area (Å²) in [6.07, 6.45) is 0.744. The maximum atomic E-state index is 12.4. The van der Waals surface area contributed by atoms with Gasteiger partial charge < -0.3 is 4.90 Å². The minimum Gasteiger partial charge on any atom is -0.337 e. The fraction of sp³-hybridized carbons (Fsp3) is 0.176. The highest BCUT2D eigenvalue weighted by Gasteiger charge is 2.12. The molecule has 0 fully saturated rings. The Bertz CT molecular complexity index is 682. The van der Waals surface area contributed by atoms with E-state index in [1.54, 1.807) is 36.2 Å². The van der Waals surface area contributed by atoms with Crippen LogP contribution in [0.4, 0.5) is 0 Å². The second kappa shape index (κ2) is 6.68. The maximum absolute atomic E-state index is 12.4. The molecule has 2 aromatic carbocycles. The lowest BCUT2D eigenvalue weighted by Crippen LogP contribution is -2.26. The van der Waals surface area contributed by atoms with Gasteiger partial charge in [-0.2, -0.15) is 0 Å². The van der Waals surface area contributed by atoms with E-state index >= 15 is 0 Å². The van der Waals surface area contributed by atoms with E-state index < -0.39 is 0 Å². The Balaban J connectivity index is 2.15. The van der Waals surface area contributed by atoms with Gasteiger partial charge in [0.1, 0.15) is 6.29 Å². The number of benzene rings is 2. The van der Waals surface area contributed by atoms with E-state index in [9.17, 15) is 9.59 Å². The molecule has 0 aliphatic heterocycles. The third-order valence-electron chi connectivity index (χ3n) is 3.27. The highest BCUT2D eigenvalue weighted by molar-refractivity contribution is 9.10. The van der Waals surface area contributed by atoms with E-state index in [1.165, 1.54) is 0 Å². The molecule has 0 saturated carbocycles. The van der Waals surface area contributed by atoms with Crippen LogP contribution in [-0.4, -0.2) is 24.1 Å². The summed E-state index contributed by atoms with van der Waals surface area (Å²) in [5.41, 5.74) is 3.24. The lowest BCUT2D eigenvalue weighted by Gasteiger charge is -2.18. The van der Waals surface area contributed by atoms with Crippen molar-refractivity contribution in [2.45, 2.75) is 13.5 Å². The highest BCUT2D eigenvalue weighted by atomic mass is 79.9. The zero-order chi connectivity index (χ0) is 15.4. The summed E-state index contributed by atoms with van der Waals surface area (Å²) in [5, 5.41) is 0. The van der Waals surface area contributed by atoms with Gasteiger partial charge in [0.15, 0.2) is 0 Å². The highest BCUT2D eigenvalue weighted by Crippen LogP contribution is 2.19. The summed E-state index contributed by atoms with van der Waals surface area (Å²) in [4.78, 5) is 24.8. The zero-order valence-corrected chi connectivity index (χ0v) is 13.6. The van der Waals surface area contributed by atoms with Crippen molar-refractivity contribution in [1.29, 1.82) is 0 Å². The van der Waals surface area contributed by atoms with Crippen LogP contribution in [0.5, 0.6) is 0 Å². The van der Waals surface area contributed by atoms with E-state index in [0.717, 1.165) is 21.9 Å². The lowest BCUT2D eigenvalue weighted by molar-refractivity contribution is 0.0785. The number of amides is 1. The van der Waals surface area contributed by atoms with Crippen LogP contribution >= 0.6 is 15.9 Å². The van der Waals surface area contributed by atoms with Gasteiger partial charge in [0.2, 0.25) is 0 Å². The van der Waals surface area contributed by atoms with Gasteiger partial charge in [-0.3, -0.25) is 9.59 Å². The molecule has 0 N–H and O–H groups in total. The molecule has 2 rings (SSSR count). The summed E-state index contributed by atoms with van der Waals surface area (Å²) >= 11 is 3.49. The fourth-order valence-electron chi connectivity index (χ4n) is 2.05. The third-order valence-corrected chi connectivity index (χ3v) is 4.13. The van der Waals surface area contributed by atoms with Crippen LogP contribution in [0.15, 0.2) is 46.9 Å². The van der Waals surface area contributed by atoms with Crippen LogP contribution in [0.25, 0.3) is 0 Å². The molecule has 4 heteroatoms. The van der Waals surface area contributed by atoms with Crippen molar-refractivity contribution in [3.05, 3.63) is 69.2 Å². The van der Waals surface area contributed by atoms with E-state index in [1.807, 2.05) is 25.1 Å². The molecule has 21 heavy (non-hydrogen) atoms. The minimum atomic E-state index is -0.101. The molecule has 2 aromatic rings. The molecule has 0 spiro atoms. The second-order valence-electron chi connectivity index (χ2n) is 4.99. The Kier molecular flexibility index (Phi) is 4.91. The third kappa shape index (κ3) is 3.79.